The van der Waals surface area contributed by atoms with Crippen molar-refractivity contribution in [2.75, 3.05) is 13.1 Å². The van der Waals surface area contributed by atoms with Gasteiger partial charge in [0.1, 0.15) is 5.82 Å². The second-order valence-corrected chi connectivity index (χ2v) is 9.29. The zero-order valence-electron chi connectivity index (χ0n) is 15.3. The lowest BCUT2D eigenvalue weighted by atomic mass is 10.2. The highest BCUT2D eigenvalue weighted by atomic mass is 32.2. The van der Waals surface area contributed by atoms with E-state index in [1.165, 1.54) is 33.8 Å². The number of thiazole rings is 1. The average Bonchev–Trinajstić information content (AvgIpc) is 3.46. The van der Waals surface area contributed by atoms with Gasteiger partial charge in [0.15, 0.2) is 10.6 Å². The highest BCUT2D eigenvalue weighted by Gasteiger charge is 2.30. The Hall–Kier alpha value is -2.56. The van der Waals surface area contributed by atoms with Crippen molar-refractivity contribution in [2.24, 2.45) is 4.99 Å². The van der Waals surface area contributed by atoms with E-state index < -0.39 is 15.9 Å². The second-order valence-electron chi connectivity index (χ2n) is 6.55. The Morgan fingerprint density at radius 3 is 2.69 bits per heavy atom. The minimum atomic E-state index is -3.74. The van der Waals surface area contributed by atoms with Crippen LogP contribution < -0.4 is 4.80 Å². The van der Waals surface area contributed by atoms with E-state index in [0.29, 0.717) is 23.5 Å². The molecule has 1 amide bonds. The number of benzene rings is 1. The number of carbonyl (C=O) groups is 1. The van der Waals surface area contributed by atoms with E-state index in [0.717, 1.165) is 12.8 Å². The number of sulfonamides is 1. The highest BCUT2D eigenvalue weighted by Crippen LogP contribution is 2.23. The van der Waals surface area contributed by atoms with Crippen LogP contribution >= 0.6 is 11.3 Å². The molecule has 1 aromatic carbocycles. The molecule has 1 aliphatic heterocycles. The van der Waals surface area contributed by atoms with Gasteiger partial charge in [-0.05, 0) is 31.0 Å². The van der Waals surface area contributed by atoms with Gasteiger partial charge in [-0.3, -0.25) is 4.79 Å². The van der Waals surface area contributed by atoms with Crippen molar-refractivity contribution in [1.82, 2.24) is 8.87 Å². The minimum Gasteiger partial charge on any atom is -0.438 e. The molecule has 0 spiro atoms. The van der Waals surface area contributed by atoms with Gasteiger partial charge >= 0.3 is 5.91 Å². The lowest BCUT2D eigenvalue weighted by Crippen LogP contribution is -2.27. The molecule has 3 heterocycles. The van der Waals surface area contributed by atoms with Crippen molar-refractivity contribution in [3.63, 3.8) is 0 Å². The molecule has 3 aromatic rings. The number of halogens is 1. The summed E-state index contributed by atoms with van der Waals surface area (Å²) in [7, 11) is -3.74. The highest BCUT2D eigenvalue weighted by molar-refractivity contribution is 7.89. The zero-order chi connectivity index (χ0) is 20.4. The number of nitrogens with zero attached hydrogens (tertiary/aromatic N) is 3. The van der Waals surface area contributed by atoms with Gasteiger partial charge in [-0.1, -0.05) is 18.2 Å². The molecule has 0 N–H and O–H groups in total. The van der Waals surface area contributed by atoms with Crippen LogP contribution in [0.3, 0.4) is 0 Å². The monoisotopic (exact) mass is 435 g/mol. The summed E-state index contributed by atoms with van der Waals surface area (Å²) in [6.07, 6.45) is 3.32. The predicted octanol–water partition coefficient (Wildman–Crippen LogP) is 2.86. The third kappa shape index (κ3) is 4.09. The van der Waals surface area contributed by atoms with E-state index in [2.05, 4.69) is 4.99 Å². The molecule has 1 aliphatic rings. The summed E-state index contributed by atoms with van der Waals surface area (Å²) in [5.74, 6) is -1.20. The van der Waals surface area contributed by atoms with Crippen LogP contribution in [0, 0.1) is 5.82 Å². The Bertz CT molecular complexity index is 1200. The van der Waals surface area contributed by atoms with Crippen molar-refractivity contribution in [1.29, 1.82) is 0 Å². The Kier molecular flexibility index (Phi) is 5.48. The molecule has 0 atom stereocenters. The summed E-state index contributed by atoms with van der Waals surface area (Å²) < 4.78 is 47.3. The standard InChI is InChI=1S/C19H18FN3O4S2/c20-15-6-2-1-5-14(15)13-22-11-12-28-19(22)21-18(24)16-7-8-17(27-16)29(25,26)23-9-3-4-10-23/h1-2,5-8,11-12H,3-4,9-10,13H2. The molecule has 10 heteroatoms. The van der Waals surface area contributed by atoms with Gasteiger partial charge in [0.25, 0.3) is 10.0 Å². The summed E-state index contributed by atoms with van der Waals surface area (Å²) in [5.41, 5.74) is 0.469. The molecule has 0 unspecified atom stereocenters. The summed E-state index contributed by atoms with van der Waals surface area (Å²) >= 11 is 1.22. The van der Waals surface area contributed by atoms with Crippen LogP contribution in [0.2, 0.25) is 0 Å². The summed E-state index contributed by atoms with van der Waals surface area (Å²) in [6.45, 7) is 1.11. The molecule has 7 nitrogen and oxygen atoms in total. The normalized spacial score (nSPS) is 15.8. The van der Waals surface area contributed by atoms with Crippen LogP contribution in [-0.4, -0.2) is 36.3 Å². The van der Waals surface area contributed by atoms with Gasteiger partial charge in [-0.25, -0.2) is 12.8 Å². The van der Waals surface area contributed by atoms with Crippen molar-refractivity contribution in [3.05, 3.63) is 69.9 Å². The molecule has 0 aliphatic carbocycles. The topological polar surface area (TPSA) is 84.9 Å². The number of amides is 1. The molecular formula is C19H18FN3O4S2. The summed E-state index contributed by atoms with van der Waals surface area (Å²) in [4.78, 5) is 16.9. The zero-order valence-corrected chi connectivity index (χ0v) is 17.0. The second kappa shape index (κ2) is 8.05. The van der Waals surface area contributed by atoms with E-state index >= 15 is 0 Å². The molecule has 0 saturated carbocycles. The number of carbonyl (C=O) groups excluding carboxylic acids is 1. The number of hydrogen-bond acceptors (Lipinski definition) is 5. The number of hydrogen-bond donors (Lipinski definition) is 0. The van der Waals surface area contributed by atoms with Crippen molar-refractivity contribution in [2.45, 2.75) is 24.5 Å². The largest absolute Gasteiger partial charge is 0.438 e. The van der Waals surface area contributed by atoms with Gasteiger partial charge in [0.05, 0.1) is 6.54 Å². The minimum absolute atomic E-state index is 0.159. The van der Waals surface area contributed by atoms with E-state index in [4.69, 9.17) is 4.42 Å². The lowest BCUT2D eigenvalue weighted by Gasteiger charge is -2.12. The molecule has 2 aromatic heterocycles. The molecular weight excluding hydrogens is 417 g/mol. The fourth-order valence-corrected chi connectivity index (χ4v) is 5.24. The smallest absolute Gasteiger partial charge is 0.315 e. The number of rotatable bonds is 5. The first-order chi connectivity index (χ1) is 13.9. The average molecular weight is 436 g/mol. The fourth-order valence-electron chi connectivity index (χ4n) is 3.09. The van der Waals surface area contributed by atoms with Gasteiger partial charge < -0.3 is 8.98 Å². The van der Waals surface area contributed by atoms with E-state index in [1.54, 1.807) is 34.3 Å². The fraction of sp³-hybridized carbons (Fsp3) is 0.263. The van der Waals surface area contributed by atoms with Crippen LogP contribution in [0.15, 0.2) is 62.5 Å². The first-order valence-electron chi connectivity index (χ1n) is 9.01. The van der Waals surface area contributed by atoms with Gasteiger partial charge in [0.2, 0.25) is 5.09 Å². The van der Waals surface area contributed by atoms with Gasteiger partial charge in [-0.15, -0.1) is 11.3 Å². The maximum absolute atomic E-state index is 13.9. The Morgan fingerprint density at radius 2 is 1.93 bits per heavy atom. The maximum atomic E-state index is 13.9. The molecule has 0 radical (unpaired) electrons. The molecule has 4 rings (SSSR count). The van der Waals surface area contributed by atoms with E-state index in [1.807, 2.05) is 0 Å². The number of furan rings is 1. The van der Waals surface area contributed by atoms with Crippen LogP contribution in [0.5, 0.6) is 0 Å². The van der Waals surface area contributed by atoms with E-state index in [9.17, 15) is 17.6 Å². The Balaban J connectivity index is 1.58. The third-order valence-electron chi connectivity index (χ3n) is 4.61. The lowest BCUT2D eigenvalue weighted by molar-refractivity contribution is 0.0966. The molecule has 29 heavy (non-hydrogen) atoms. The van der Waals surface area contributed by atoms with Crippen LogP contribution in [-0.2, 0) is 16.6 Å². The first-order valence-corrected chi connectivity index (χ1v) is 11.3. The maximum Gasteiger partial charge on any atom is 0.315 e. The van der Waals surface area contributed by atoms with Crippen LogP contribution in [0.25, 0.3) is 0 Å². The van der Waals surface area contributed by atoms with Gasteiger partial charge in [-0.2, -0.15) is 9.30 Å². The molecule has 1 fully saturated rings. The van der Waals surface area contributed by atoms with Gasteiger partial charge in [0, 0.05) is 30.2 Å². The van der Waals surface area contributed by atoms with Crippen LogP contribution in [0.4, 0.5) is 4.39 Å². The molecule has 0 bridgehead atoms. The van der Waals surface area contributed by atoms with Crippen LogP contribution in [0.1, 0.15) is 29.0 Å². The Labute approximate surface area is 170 Å². The molecule has 1 saturated heterocycles. The predicted molar refractivity (Wildman–Crippen MR) is 104 cm³/mol. The molecule has 152 valence electrons. The third-order valence-corrected chi connectivity index (χ3v) is 7.17. The quantitative estimate of drug-likeness (QED) is 0.617. The Morgan fingerprint density at radius 1 is 1.17 bits per heavy atom. The summed E-state index contributed by atoms with van der Waals surface area (Å²) in [5, 5.41) is 1.47. The summed E-state index contributed by atoms with van der Waals surface area (Å²) in [6, 6.07) is 8.96. The SMILES string of the molecule is O=C(N=c1sccn1Cc1ccccc1F)c1ccc(S(=O)(=O)N2CCCC2)o1. The van der Waals surface area contributed by atoms with Crippen molar-refractivity contribution < 1.29 is 22.0 Å². The first kappa shape index (κ1) is 19.7. The number of aromatic nitrogens is 1. The van der Waals surface area contributed by atoms with E-state index in [-0.39, 0.29) is 23.2 Å². The van der Waals surface area contributed by atoms with Crippen molar-refractivity contribution in [3.8, 4) is 0 Å². The van der Waals surface area contributed by atoms with Crippen molar-refractivity contribution >= 4 is 27.3 Å².